The molecule has 2 aromatic heterocycles. The lowest BCUT2D eigenvalue weighted by Gasteiger charge is -2.42. The molecule has 1 atom stereocenters. The Morgan fingerprint density at radius 3 is 2.66 bits per heavy atom. The van der Waals surface area contributed by atoms with E-state index in [9.17, 15) is 23.2 Å². The van der Waals surface area contributed by atoms with Gasteiger partial charge in [-0.05, 0) is 69.1 Å². The van der Waals surface area contributed by atoms with E-state index in [1.54, 1.807) is 12.4 Å². The topological polar surface area (TPSA) is 103 Å². The summed E-state index contributed by atoms with van der Waals surface area (Å²) in [7, 11) is 0. The second-order valence-corrected chi connectivity index (χ2v) is 10.3. The van der Waals surface area contributed by atoms with Crippen LogP contribution >= 0.6 is 0 Å². The number of halogens is 3. The first-order valence-corrected chi connectivity index (χ1v) is 13.7. The summed E-state index contributed by atoms with van der Waals surface area (Å²) in [5.74, 6) is 0.388. The summed E-state index contributed by atoms with van der Waals surface area (Å²) >= 11 is 0. The zero-order chi connectivity index (χ0) is 29.0. The highest BCUT2D eigenvalue weighted by Gasteiger charge is 2.45. The number of rotatable bonds is 7. The number of amides is 1. The van der Waals surface area contributed by atoms with Crippen molar-refractivity contribution in [1.29, 1.82) is 5.26 Å². The van der Waals surface area contributed by atoms with Crippen LogP contribution in [0, 0.1) is 11.3 Å². The molecule has 3 aromatic rings. The van der Waals surface area contributed by atoms with Crippen molar-refractivity contribution in [2.24, 2.45) is 0 Å². The highest BCUT2D eigenvalue weighted by molar-refractivity contribution is 5.88. The molecular weight excluding hydrogens is 533 g/mol. The largest absolute Gasteiger partial charge is 0.478 e. The van der Waals surface area contributed by atoms with Crippen LogP contribution in [0.4, 0.5) is 18.9 Å². The first-order chi connectivity index (χ1) is 19.7. The molecule has 0 bridgehead atoms. The number of carbonyl (C=O) groups is 1. The summed E-state index contributed by atoms with van der Waals surface area (Å²) in [6.45, 7) is 4.62. The number of alkyl halides is 3. The Hall–Kier alpha value is -4.17. The molecule has 0 radical (unpaired) electrons. The van der Waals surface area contributed by atoms with Crippen LogP contribution in [0.25, 0.3) is 11.1 Å². The molecule has 1 aromatic carbocycles. The minimum absolute atomic E-state index is 0.0147. The molecular formula is C30H31F3N6O2. The standard InChI is InChI=1S/C30H31F3N6O2/c1-2-41-27-24(4-3-12-36-27)20-5-8-26(37-18-20)29(28(40)38-23-9-13-35-19-23)10-14-39(15-11-29)25-7-6-22(30(31,32)33)16-21(25)17-34/h3-8,12,16,18,23,35H,2,9-11,13-15,19H2,1H3,(H,38,40)/t23-/m1/s1. The summed E-state index contributed by atoms with van der Waals surface area (Å²) in [6.07, 6.45) is 0.444. The minimum atomic E-state index is -4.54. The van der Waals surface area contributed by atoms with E-state index in [2.05, 4.69) is 15.6 Å². The molecule has 11 heteroatoms. The summed E-state index contributed by atoms with van der Waals surface area (Å²) in [5, 5.41) is 16.1. The van der Waals surface area contributed by atoms with E-state index in [1.807, 2.05) is 42.2 Å². The van der Waals surface area contributed by atoms with Gasteiger partial charge in [0.25, 0.3) is 0 Å². The number of nitrogens with zero attached hydrogens (tertiary/aromatic N) is 4. The van der Waals surface area contributed by atoms with Gasteiger partial charge in [0.05, 0.1) is 34.5 Å². The Bertz CT molecular complexity index is 1420. The van der Waals surface area contributed by atoms with Gasteiger partial charge in [-0.15, -0.1) is 0 Å². The van der Waals surface area contributed by atoms with Crippen LogP contribution in [0.2, 0.25) is 0 Å². The molecule has 41 heavy (non-hydrogen) atoms. The van der Waals surface area contributed by atoms with Crippen molar-refractivity contribution in [1.82, 2.24) is 20.6 Å². The number of carbonyl (C=O) groups excluding carboxylic acids is 1. The molecule has 2 N–H and O–H groups in total. The molecule has 2 fully saturated rings. The fraction of sp³-hybridized carbons (Fsp3) is 0.400. The highest BCUT2D eigenvalue weighted by Crippen LogP contribution is 2.39. The molecule has 2 saturated heterocycles. The molecule has 214 valence electrons. The number of hydrogen-bond donors (Lipinski definition) is 2. The van der Waals surface area contributed by atoms with Crippen molar-refractivity contribution >= 4 is 11.6 Å². The number of nitrogens with one attached hydrogen (secondary N) is 2. The Morgan fingerprint density at radius 2 is 2.02 bits per heavy atom. The third-order valence-electron chi connectivity index (χ3n) is 7.85. The van der Waals surface area contributed by atoms with Gasteiger partial charge in [0.2, 0.25) is 11.8 Å². The molecule has 4 heterocycles. The lowest BCUT2D eigenvalue weighted by atomic mass is 9.74. The number of ether oxygens (including phenoxy) is 1. The number of anilines is 1. The average Bonchev–Trinajstić information content (AvgIpc) is 3.50. The van der Waals surface area contributed by atoms with Gasteiger partial charge in [-0.2, -0.15) is 18.4 Å². The predicted molar refractivity (Wildman–Crippen MR) is 147 cm³/mol. The average molecular weight is 565 g/mol. The molecule has 1 amide bonds. The van der Waals surface area contributed by atoms with E-state index in [-0.39, 0.29) is 17.5 Å². The van der Waals surface area contributed by atoms with Crippen molar-refractivity contribution in [3.63, 3.8) is 0 Å². The van der Waals surface area contributed by atoms with Gasteiger partial charge in [0.15, 0.2) is 0 Å². The predicted octanol–water partition coefficient (Wildman–Crippen LogP) is 4.45. The smallest absolute Gasteiger partial charge is 0.416 e. The third-order valence-corrected chi connectivity index (χ3v) is 7.85. The molecule has 0 aliphatic carbocycles. The Morgan fingerprint density at radius 1 is 1.22 bits per heavy atom. The molecule has 0 unspecified atom stereocenters. The number of aromatic nitrogens is 2. The van der Waals surface area contributed by atoms with E-state index < -0.39 is 17.2 Å². The monoisotopic (exact) mass is 564 g/mol. The molecule has 2 aliphatic heterocycles. The summed E-state index contributed by atoms with van der Waals surface area (Å²) in [4.78, 5) is 24.8. The van der Waals surface area contributed by atoms with E-state index in [0.29, 0.717) is 56.3 Å². The van der Waals surface area contributed by atoms with Crippen molar-refractivity contribution in [3.8, 4) is 23.1 Å². The minimum Gasteiger partial charge on any atom is -0.478 e. The van der Waals surface area contributed by atoms with Gasteiger partial charge < -0.3 is 20.3 Å². The maximum absolute atomic E-state index is 13.9. The summed E-state index contributed by atoms with van der Waals surface area (Å²) in [5.41, 5.74) is 0.814. The molecule has 0 spiro atoms. The number of piperidine rings is 1. The fourth-order valence-electron chi connectivity index (χ4n) is 5.61. The van der Waals surface area contributed by atoms with Crippen LogP contribution in [-0.4, -0.2) is 54.7 Å². The Kier molecular flexibility index (Phi) is 8.13. The molecule has 5 rings (SSSR count). The first-order valence-electron chi connectivity index (χ1n) is 13.7. The highest BCUT2D eigenvalue weighted by atomic mass is 19.4. The summed E-state index contributed by atoms with van der Waals surface area (Å²) < 4.78 is 45.4. The van der Waals surface area contributed by atoms with Crippen LogP contribution in [0.1, 0.15) is 43.0 Å². The quantitative estimate of drug-likeness (QED) is 0.437. The normalized spacial score (nSPS) is 18.5. The Balaban J connectivity index is 1.43. The van der Waals surface area contributed by atoms with Crippen LogP contribution in [0.3, 0.4) is 0 Å². The molecule has 2 aliphatic rings. The number of benzene rings is 1. The van der Waals surface area contributed by atoms with Gasteiger partial charge in [0.1, 0.15) is 6.07 Å². The van der Waals surface area contributed by atoms with Crippen molar-refractivity contribution < 1.29 is 22.7 Å². The van der Waals surface area contributed by atoms with E-state index >= 15 is 0 Å². The van der Waals surface area contributed by atoms with E-state index in [0.717, 1.165) is 36.2 Å². The lowest BCUT2D eigenvalue weighted by Crippen LogP contribution is -2.54. The zero-order valence-corrected chi connectivity index (χ0v) is 22.7. The third kappa shape index (κ3) is 5.84. The number of hydrogen-bond acceptors (Lipinski definition) is 7. The van der Waals surface area contributed by atoms with Crippen LogP contribution in [0.15, 0.2) is 54.9 Å². The lowest BCUT2D eigenvalue weighted by molar-refractivity contribution is -0.137. The maximum Gasteiger partial charge on any atom is 0.416 e. The Labute approximate surface area is 236 Å². The van der Waals surface area contributed by atoms with Crippen LogP contribution in [0.5, 0.6) is 5.88 Å². The van der Waals surface area contributed by atoms with E-state index in [4.69, 9.17) is 9.72 Å². The second-order valence-electron chi connectivity index (χ2n) is 10.3. The number of nitriles is 1. The van der Waals surface area contributed by atoms with E-state index in [1.165, 1.54) is 6.07 Å². The fourth-order valence-corrected chi connectivity index (χ4v) is 5.61. The zero-order valence-electron chi connectivity index (χ0n) is 22.7. The van der Waals surface area contributed by atoms with Crippen molar-refractivity contribution in [2.45, 2.75) is 43.8 Å². The van der Waals surface area contributed by atoms with Gasteiger partial charge in [0, 0.05) is 49.2 Å². The van der Waals surface area contributed by atoms with Crippen LogP contribution in [-0.2, 0) is 16.4 Å². The molecule has 0 saturated carbocycles. The van der Waals surface area contributed by atoms with Gasteiger partial charge in [-0.3, -0.25) is 9.78 Å². The van der Waals surface area contributed by atoms with Gasteiger partial charge >= 0.3 is 6.18 Å². The van der Waals surface area contributed by atoms with Crippen LogP contribution < -0.4 is 20.3 Å². The van der Waals surface area contributed by atoms with Crippen molar-refractivity contribution in [3.05, 3.63) is 71.7 Å². The van der Waals surface area contributed by atoms with Gasteiger partial charge in [-0.25, -0.2) is 4.98 Å². The summed E-state index contributed by atoms with van der Waals surface area (Å²) in [6, 6.07) is 12.6. The maximum atomic E-state index is 13.9. The first kappa shape index (κ1) is 28.4. The van der Waals surface area contributed by atoms with Crippen molar-refractivity contribution in [2.75, 3.05) is 37.7 Å². The SMILES string of the molecule is CCOc1ncccc1-c1ccc(C2(C(=O)N[C@@H]3CCNC3)CCN(c3ccc(C(F)(F)F)cc3C#N)CC2)nc1. The second kappa shape index (κ2) is 11.7. The number of pyridine rings is 2. The molecule has 8 nitrogen and oxygen atoms in total. The van der Waals surface area contributed by atoms with Gasteiger partial charge in [-0.1, -0.05) is 6.07 Å².